The van der Waals surface area contributed by atoms with Gasteiger partial charge in [0.2, 0.25) is 5.91 Å². The number of hydrogen-bond donors (Lipinski definition) is 2. The van der Waals surface area contributed by atoms with Crippen LogP contribution >= 0.6 is 0 Å². The van der Waals surface area contributed by atoms with Crippen LogP contribution in [0, 0.1) is 0 Å². The number of nitrogens with one attached hydrogen (secondary N) is 2. The zero-order chi connectivity index (χ0) is 17.6. The predicted octanol–water partition coefficient (Wildman–Crippen LogP) is 3.96. The Kier molecular flexibility index (Phi) is 5.41. The van der Waals surface area contributed by atoms with Crippen LogP contribution in [0.25, 0.3) is 10.8 Å². The molecule has 3 rings (SSSR count). The van der Waals surface area contributed by atoms with E-state index in [9.17, 15) is 4.79 Å². The molecule has 4 heteroatoms. The minimum atomic E-state index is -0.239. The molecule has 0 aliphatic rings. The molecule has 1 heterocycles. The maximum atomic E-state index is 12.9. The van der Waals surface area contributed by atoms with Crippen molar-refractivity contribution in [1.29, 1.82) is 0 Å². The maximum Gasteiger partial charge on any atom is 0.233 e. The molecule has 4 nitrogen and oxygen atoms in total. The molecule has 0 saturated heterocycles. The van der Waals surface area contributed by atoms with Crippen LogP contribution < -0.4 is 10.6 Å². The molecule has 1 aromatic heterocycles. The van der Waals surface area contributed by atoms with Gasteiger partial charge >= 0.3 is 0 Å². The SMILES string of the molecule is CC(C)NCC(C(=O)Nc1ccc2cnccc2c1)c1ccccc1. The van der Waals surface area contributed by atoms with Gasteiger partial charge in [-0.05, 0) is 29.1 Å². The average molecular weight is 333 g/mol. The van der Waals surface area contributed by atoms with E-state index in [4.69, 9.17) is 0 Å². The first kappa shape index (κ1) is 17.1. The van der Waals surface area contributed by atoms with Crippen molar-refractivity contribution >= 4 is 22.4 Å². The number of fused-ring (bicyclic) bond motifs is 1. The predicted molar refractivity (Wildman–Crippen MR) is 103 cm³/mol. The van der Waals surface area contributed by atoms with Crippen LogP contribution in [0.2, 0.25) is 0 Å². The number of carbonyl (C=O) groups is 1. The van der Waals surface area contributed by atoms with Crippen LogP contribution in [0.1, 0.15) is 25.3 Å². The number of anilines is 1. The van der Waals surface area contributed by atoms with E-state index >= 15 is 0 Å². The van der Waals surface area contributed by atoms with E-state index in [2.05, 4.69) is 29.5 Å². The number of rotatable bonds is 6. The third-order valence-corrected chi connectivity index (χ3v) is 4.16. The van der Waals surface area contributed by atoms with Crippen molar-refractivity contribution in [2.24, 2.45) is 0 Å². The summed E-state index contributed by atoms with van der Waals surface area (Å²) in [5, 5.41) is 8.54. The number of amides is 1. The van der Waals surface area contributed by atoms with Crippen molar-refractivity contribution in [1.82, 2.24) is 10.3 Å². The third-order valence-electron chi connectivity index (χ3n) is 4.16. The molecule has 0 radical (unpaired) electrons. The van der Waals surface area contributed by atoms with E-state index in [1.807, 2.05) is 60.8 Å². The van der Waals surface area contributed by atoms with Gasteiger partial charge in [0.05, 0.1) is 5.92 Å². The molecule has 3 aromatic rings. The highest BCUT2D eigenvalue weighted by Gasteiger charge is 2.20. The molecule has 0 fully saturated rings. The van der Waals surface area contributed by atoms with Crippen LogP contribution in [-0.2, 0) is 4.79 Å². The molecule has 0 saturated carbocycles. The molecular formula is C21H23N3O. The fraction of sp³-hybridized carbons (Fsp3) is 0.238. The van der Waals surface area contributed by atoms with Gasteiger partial charge in [-0.25, -0.2) is 0 Å². The van der Waals surface area contributed by atoms with Crippen molar-refractivity contribution in [3.63, 3.8) is 0 Å². The molecule has 0 aliphatic carbocycles. The van der Waals surface area contributed by atoms with Crippen LogP contribution in [0.3, 0.4) is 0 Å². The van der Waals surface area contributed by atoms with Crippen LogP contribution in [0.5, 0.6) is 0 Å². The lowest BCUT2D eigenvalue weighted by molar-refractivity contribution is -0.117. The van der Waals surface area contributed by atoms with E-state index in [0.717, 1.165) is 22.0 Å². The summed E-state index contributed by atoms with van der Waals surface area (Å²) in [6, 6.07) is 18.0. The van der Waals surface area contributed by atoms with Crippen molar-refractivity contribution in [2.75, 3.05) is 11.9 Å². The number of aromatic nitrogens is 1. The maximum absolute atomic E-state index is 12.9. The lowest BCUT2D eigenvalue weighted by Crippen LogP contribution is -2.34. The number of carbonyl (C=O) groups excluding carboxylic acids is 1. The molecule has 0 bridgehead atoms. The smallest absolute Gasteiger partial charge is 0.233 e. The molecule has 1 unspecified atom stereocenters. The summed E-state index contributed by atoms with van der Waals surface area (Å²) in [4.78, 5) is 17.0. The normalized spacial score (nSPS) is 12.3. The lowest BCUT2D eigenvalue weighted by atomic mass is 9.97. The molecule has 2 aromatic carbocycles. The summed E-state index contributed by atoms with van der Waals surface area (Å²) in [7, 11) is 0. The third kappa shape index (κ3) is 4.43. The van der Waals surface area contributed by atoms with E-state index in [1.54, 1.807) is 6.20 Å². The van der Waals surface area contributed by atoms with E-state index in [-0.39, 0.29) is 11.8 Å². The Morgan fingerprint density at radius 1 is 1.04 bits per heavy atom. The van der Waals surface area contributed by atoms with Crippen LogP contribution in [0.15, 0.2) is 67.0 Å². The van der Waals surface area contributed by atoms with Gasteiger partial charge in [-0.3, -0.25) is 9.78 Å². The monoisotopic (exact) mass is 333 g/mol. The largest absolute Gasteiger partial charge is 0.325 e. The average Bonchev–Trinajstić information content (AvgIpc) is 2.62. The fourth-order valence-corrected chi connectivity index (χ4v) is 2.79. The van der Waals surface area contributed by atoms with Gasteiger partial charge in [0.25, 0.3) is 0 Å². The molecular weight excluding hydrogens is 310 g/mol. The summed E-state index contributed by atoms with van der Waals surface area (Å²) >= 11 is 0. The lowest BCUT2D eigenvalue weighted by Gasteiger charge is -2.19. The number of benzene rings is 2. The number of nitrogens with zero attached hydrogens (tertiary/aromatic N) is 1. The Hall–Kier alpha value is -2.72. The quantitative estimate of drug-likeness (QED) is 0.718. The molecule has 2 N–H and O–H groups in total. The van der Waals surface area contributed by atoms with E-state index in [0.29, 0.717) is 12.6 Å². The van der Waals surface area contributed by atoms with Gasteiger partial charge in [-0.15, -0.1) is 0 Å². The summed E-state index contributed by atoms with van der Waals surface area (Å²) in [6.07, 6.45) is 3.58. The van der Waals surface area contributed by atoms with Crippen molar-refractivity contribution < 1.29 is 4.79 Å². The first-order valence-corrected chi connectivity index (χ1v) is 8.56. The Balaban J connectivity index is 1.81. The standard InChI is InChI=1S/C21H23N3O/c1-15(2)23-14-20(16-6-4-3-5-7-16)21(25)24-19-9-8-18-13-22-11-10-17(18)12-19/h3-13,15,20,23H,14H2,1-2H3,(H,24,25). The van der Waals surface area contributed by atoms with Gasteiger partial charge in [-0.1, -0.05) is 50.2 Å². The van der Waals surface area contributed by atoms with Gasteiger partial charge < -0.3 is 10.6 Å². The van der Waals surface area contributed by atoms with Gasteiger partial charge in [-0.2, -0.15) is 0 Å². The van der Waals surface area contributed by atoms with Gasteiger partial charge in [0.15, 0.2) is 0 Å². The Labute approximate surface area is 148 Å². The van der Waals surface area contributed by atoms with Crippen LogP contribution in [0.4, 0.5) is 5.69 Å². The highest BCUT2D eigenvalue weighted by Crippen LogP contribution is 2.21. The van der Waals surface area contributed by atoms with E-state index < -0.39 is 0 Å². The molecule has 1 amide bonds. The number of pyridine rings is 1. The van der Waals surface area contributed by atoms with E-state index in [1.165, 1.54) is 0 Å². The Morgan fingerprint density at radius 2 is 1.84 bits per heavy atom. The molecule has 25 heavy (non-hydrogen) atoms. The minimum Gasteiger partial charge on any atom is -0.325 e. The highest BCUT2D eigenvalue weighted by atomic mass is 16.1. The topological polar surface area (TPSA) is 54.0 Å². The van der Waals surface area contributed by atoms with Gasteiger partial charge in [0, 0.05) is 36.1 Å². The summed E-state index contributed by atoms with van der Waals surface area (Å²) in [5.41, 5.74) is 1.81. The second kappa shape index (κ2) is 7.90. The van der Waals surface area contributed by atoms with Gasteiger partial charge in [0.1, 0.15) is 0 Å². The Bertz CT molecular complexity index is 846. The van der Waals surface area contributed by atoms with Crippen LogP contribution in [-0.4, -0.2) is 23.5 Å². The fourth-order valence-electron chi connectivity index (χ4n) is 2.79. The second-order valence-corrected chi connectivity index (χ2v) is 6.45. The number of hydrogen-bond acceptors (Lipinski definition) is 3. The van der Waals surface area contributed by atoms with Crippen molar-refractivity contribution in [3.05, 3.63) is 72.6 Å². The highest BCUT2D eigenvalue weighted by molar-refractivity contribution is 5.98. The van der Waals surface area contributed by atoms with Crippen molar-refractivity contribution in [2.45, 2.75) is 25.8 Å². The molecule has 0 aliphatic heterocycles. The first-order valence-electron chi connectivity index (χ1n) is 8.56. The second-order valence-electron chi connectivity index (χ2n) is 6.45. The molecule has 1 atom stereocenters. The molecule has 128 valence electrons. The summed E-state index contributed by atoms with van der Waals surface area (Å²) in [5.74, 6) is -0.246. The first-order chi connectivity index (χ1) is 12.1. The molecule has 0 spiro atoms. The summed E-state index contributed by atoms with van der Waals surface area (Å²) in [6.45, 7) is 4.76. The Morgan fingerprint density at radius 3 is 2.60 bits per heavy atom. The van der Waals surface area contributed by atoms with Crippen molar-refractivity contribution in [3.8, 4) is 0 Å². The minimum absolute atomic E-state index is 0.00671. The summed E-state index contributed by atoms with van der Waals surface area (Å²) < 4.78 is 0. The zero-order valence-corrected chi connectivity index (χ0v) is 14.6. The zero-order valence-electron chi connectivity index (χ0n) is 14.6.